The van der Waals surface area contributed by atoms with E-state index in [-0.39, 0.29) is 24.8 Å². The van der Waals surface area contributed by atoms with Crippen molar-refractivity contribution in [3.63, 3.8) is 0 Å². The zero-order valence-electron chi connectivity index (χ0n) is 22.0. The molecule has 0 spiro atoms. The van der Waals surface area contributed by atoms with Crippen LogP contribution in [0.5, 0.6) is 0 Å². The van der Waals surface area contributed by atoms with Gasteiger partial charge in [0.05, 0.1) is 0 Å². The Morgan fingerprint density at radius 3 is 1.77 bits per heavy atom. The minimum Gasteiger partial charge on any atom is -0.214 e. The van der Waals surface area contributed by atoms with E-state index in [0.717, 1.165) is 6.42 Å². The molecule has 0 bridgehead atoms. The predicted octanol–water partition coefficient (Wildman–Crippen LogP) is 3.48. The van der Waals surface area contributed by atoms with E-state index in [0.29, 0.717) is 0 Å². The average Bonchev–Trinajstić information content (AvgIpc) is 3.66. The van der Waals surface area contributed by atoms with Crippen molar-refractivity contribution in [3.05, 3.63) is 139 Å². The van der Waals surface area contributed by atoms with Crippen molar-refractivity contribution in [1.29, 1.82) is 0 Å². The zero-order chi connectivity index (χ0) is 25.3. The summed E-state index contributed by atoms with van der Waals surface area (Å²) in [6, 6.07) is 46.0. The Labute approximate surface area is 261 Å². The van der Waals surface area contributed by atoms with Gasteiger partial charge in [-0.05, 0) is 23.1 Å². The Bertz CT molecular complexity index is 1310. The van der Waals surface area contributed by atoms with Crippen molar-refractivity contribution in [3.8, 4) is 33.4 Å². The molecule has 1 saturated carbocycles. The number of hydrogen-bond donors (Lipinski definition) is 0. The molecule has 2 aliphatic rings. The van der Waals surface area contributed by atoms with Gasteiger partial charge in [0, 0.05) is 0 Å². The molecule has 0 nitrogen and oxygen atoms in total. The van der Waals surface area contributed by atoms with E-state index in [1.165, 1.54) is 76.6 Å². The van der Waals surface area contributed by atoms with Crippen LogP contribution < -0.4 is 24.8 Å². The van der Waals surface area contributed by atoms with Gasteiger partial charge in [-0.15, -0.1) is 29.3 Å². The normalized spacial score (nSPS) is 12.7. The molecule has 39 heavy (non-hydrogen) atoms. The maximum Gasteiger partial charge on any atom is -0.0181 e. The van der Waals surface area contributed by atoms with Crippen molar-refractivity contribution in [2.75, 3.05) is 0 Å². The molecule has 0 aliphatic heterocycles. The third-order valence-electron chi connectivity index (χ3n) is 6.99. The predicted molar refractivity (Wildman–Crippen MR) is 155 cm³/mol. The molecule has 7 rings (SSSR count). The van der Waals surface area contributed by atoms with Crippen molar-refractivity contribution >= 4 is 3.21 Å². The SMILES string of the molecule is [Cl-].[Cl-].[Zr+2]=[C]1CCCCC1.[c-]1c(-c2ccccc2)ccc2c1Cc1cc(-c3ccccc3)ccc1-2.c1cc[cH-]c1. The van der Waals surface area contributed by atoms with Crippen LogP contribution in [0.3, 0.4) is 0 Å². The van der Waals surface area contributed by atoms with Gasteiger partial charge in [-0.1, -0.05) is 95.6 Å². The molecule has 196 valence electrons. The summed E-state index contributed by atoms with van der Waals surface area (Å²) >= 11 is 1.69. The molecular weight excluding hydrogens is 595 g/mol. The topological polar surface area (TPSA) is 0 Å². The first-order valence-corrected chi connectivity index (χ1v) is 14.5. The van der Waals surface area contributed by atoms with E-state index in [2.05, 4.69) is 97.1 Å². The third-order valence-corrected chi connectivity index (χ3v) is 8.22. The van der Waals surface area contributed by atoms with E-state index in [1.54, 1.807) is 27.4 Å². The Morgan fingerprint density at radius 2 is 1.21 bits per heavy atom. The monoisotopic (exact) mass is 624 g/mol. The largest absolute Gasteiger partial charge is 0.214 e. The third kappa shape index (κ3) is 8.52. The van der Waals surface area contributed by atoms with Gasteiger partial charge in [0.15, 0.2) is 0 Å². The quantitative estimate of drug-likeness (QED) is 0.259. The fourth-order valence-corrected chi connectivity index (χ4v) is 5.89. The summed E-state index contributed by atoms with van der Waals surface area (Å²) in [5.41, 5.74) is 10.4. The molecule has 0 heterocycles. The van der Waals surface area contributed by atoms with Gasteiger partial charge in [-0.25, -0.2) is 12.1 Å². The molecular formula is C36H32Cl2Zr-2. The Balaban J connectivity index is 0.000000250. The van der Waals surface area contributed by atoms with E-state index in [1.807, 2.05) is 30.3 Å². The smallest absolute Gasteiger partial charge is 0.0181 e. The summed E-state index contributed by atoms with van der Waals surface area (Å²) in [5.74, 6) is 0. The molecule has 0 atom stereocenters. The van der Waals surface area contributed by atoms with Crippen LogP contribution in [0, 0.1) is 6.07 Å². The summed E-state index contributed by atoms with van der Waals surface area (Å²) < 4.78 is 1.80. The second kappa shape index (κ2) is 16.0. The molecule has 5 aromatic rings. The van der Waals surface area contributed by atoms with E-state index in [9.17, 15) is 0 Å². The fourth-order valence-electron chi connectivity index (χ4n) is 5.02. The Kier molecular flexibility index (Phi) is 12.7. The molecule has 1 fully saturated rings. The standard InChI is InChI=1S/C25H17.C6H10.C5H5.2ClH.Zr/c1-3-7-18(8-4-1)20-11-13-24-22(15-20)17-23-16-21(12-14-25(23)24)19-9-5-2-6-10-19;1-2-4-6-5-3-1;1-2-4-5-3-1;;;/h1-15H,17H2;1-5H2;1-5H;2*1H;/q-1;;-1;;;+2/p-2. The second-order valence-electron chi connectivity index (χ2n) is 9.67. The van der Waals surface area contributed by atoms with Crippen LogP contribution in [0.4, 0.5) is 0 Å². The van der Waals surface area contributed by atoms with Crippen LogP contribution in [0.2, 0.25) is 0 Å². The summed E-state index contributed by atoms with van der Waals surface area (Å²) in [6.07, 6.45) is 8.28. The molecule has 5 aromatic carbocycles. The molecule has 0 aromatic heterocycles. The van der Waals surface area contributed by atoms with Crippen molar-refractivity contribution in [2.24, 2.45) is 0 Å². The first kappa shape index (κ1) is 31.1. The number of rotatable bonds is 2. The van der Waals surface area contributed by atoms with Gasteiger partial charge in [0.1, 0.15) is 0 Å². The maximum atomic E-state index is 3.65. The Morgan fingerprint density at radius 1 is 0.590 bits per heavy atom. The number of hydrogen-bond acceptors (Lipinski definition) is 0. The van der Waals surface area contributed by atoms with Gasteiger partial charge in [-0.2, -0.15) is 18.2 Å². The van der Waals surface area contributed by atoms with Gasteiger partial charge in [0.25, 0.3) is 0 Å². The molecule has 0 amide bonds. The average molecular weight is 627 g/mol. The first-order chi connectivity index (χ1) is 18.3. The molecule has 0 unspecified atom stereocenters. The van der Waals surface area contributed by atoms with Crippen LogP contribution in [-0.4, -0.2) is 3.21 Å². The van der Waals surface area contributed by atoms with Gasteiger partial charge in [0.2, 0.25) is 0 Å². The van der Waals surface area contributed by atoms with Crippen LogP contribution in [0.1, 0.15) is 43.2 Å². The summed E-state index contributed by atoms with van der Waals surface area (Å²) in [6.45, 7) is 0. The molecule has 0 radical (unpaired) electrons. The van der Waals surface area contributed by atoms with Crippen LogP contribution >= 0.6 is 0 Å². The van der Waals surface area contributed by atoms with Gasteiger partial charge in [-0.3, -0.25) is 0 Å². The number of fused-ring (bicyclic) bond motifs is 3. The van der Waals surface area contributed by atoms with E-state index >= 15 is 0 Å². The van der Waals surface area contributed by atoms with Crippen molar-refractivity contribution in [1.82, 2.24) is 0 Å². The number of halogens is 2. The summed E-state index contributed by atoms with van der Waals surface area (Å²) in [4.78, 5) is 0. The molecule has 3 heteroatoms. The second-order valence-corrected chi connectivity index (χ2v) is 11.4. The maximum absolute atomic E-state index is 3.65. The Hall–Kier alpha value is -2.44. The molecule has 0 N–H and O–H groups in total. The van der Waals surface area contributed by atoms with Crippen molar-refractivity contribution in [2.45, 2.75) is 38.5 Å². The van der Waals surface area contributed by atoms with E-state index < -0.39 is 0 Å². The molecule has 2 aliphatic carbocycles. The first-order valence-electron chi connectivity index (χ1n) is 13.3. The minimum atomic E-state index is 0. The van der Waals surface area contributed by atoms with Crippen LogP contribution in [0.25, 0.3) is 33.4 Å². The number of benzene rings is 4. The zero-order valence-corrected chi connectivity index (χ0v) is 26.0. The van der Waals surface area contributed by atoms with Crippen LogP contribution in [-0.2, 0) is 30.7 Å². The van der Waals surface area contributed by atoms with E-state index in [4.69, 9.17) is 0 Å². The van der Waals surface area contributed by atoms with Crippen molar-refractivity contribution < 1.29 is 49.0 Å². The minimum absolute atomic E-state index is 0. The van der Waals surface area contributed by atoms with Gasteiger partial charge >= 0.3 is 59.5 Å². The summed E-state index contributed by atoms with van der Waals surface area (Å²) in [5, 5.41) is 0. The summed E-state index contributed by atoms with van der Waals surface area (Å²) in [7, 11) is 0. The fraction of sp³-hybridized carbons (Fsp3) is 0.167. The van der Waals surface area contributed by atoms with Gasteiger partial charge < -0.3 is 24.8 Å². The molecule has 0 saturated heterocycles. The van der Waals surface area contributed by atoms with Crippen LogP contribution in [0.15, 0.2) is 121 Å².